The Kier molecular flexibility index (Phi) is 9.96. The molecule has 5 nitrogen and oxygen atoms in total. The number of hydrogen-bond donors (Lipinski definition) is 0. The Balaban J connectivity index is 0.00000432. The maximum absolute atomic E-state index is 12.4. The molecule has 0 spiro atoms. The van der Waals surface area contributed by atoms with Crippen molar-refractivity contribution >= 4 is 5.97 Å². The largest absolute Gasteiger partial charge is 0.493 e. The molecule has 0 unspecified atom stereocenters. The van der Waals surface area contributed by atoms with Gasteiger partial charge in [-0.05, 0) is 60.4 Å². The third-order valence-electron chi connectivity index (χ3n) is 6.70. The molecule has 5 heteroatoms. The molecule has 192 valence electrons. The van der Waals surface area contributed by atoms with Crippen molar-refractivity contribution in [1.29, 1.82) is 0 Å². The zero-order valence-corrected chi connectivity index (χ0v) is 21.5. The molecule has 2 aromatic rings. The fraction of sp³-hybridized carbons (Fsp3) is 0.500. The van der Waals surface area contributed by atoms with Gasteiger partial charge in [0.1, 0.15) is 0 Å². The zero-order chi connectivity index (χ0) is 24.9. The van der Waals surface area contributed by atoms with E-state index in [1.54, 1.807) is 27.2 Å². The Morgan fingerprint density at radius 1 is 1.06 bits per heavy atom. The number of hydrogen-bond acceptors (Lipinski definition) is 5. The van der Waals surface area contributed by atoms with Crippen LogP contribution in [0.3, 0.4) is 0 Å². The van der Waals surface area contributed by atoms with E-state index in [-0.39, 0.29) is 36.8 Å². The van der Waals surface area contributed by atoms with Crippen molar-refractivity contribution < 1.29 is 23.7 Å². The van der Waals surface area contributed by atoms with Crippen LogP contribution in [0.1, 0.15) is 64.8 Å². The minimum Gasteiger partial charge on any atom is -0.493 e. The van der Waals surface area contributed by atoms with Gasteiger partial charge in [-0.2, -0.15) is 0 Å². The highest BCUT2D eigenvalue weighted by atomic mass is 16.5. The van der Waals surface area contributed by atoms with Crippen molar-refractivity contribution in [2.75, 3.05) is 27.4 Å². The molecule has 0 radical (unpaired) electrons. The maximum Gasteiger partial charge on any atom is 0.333 e. The number of rotatable bonds is 8. The van der Waals surface area contributed by atoms with Gasteiger partial charge in [-0.3, -0.25) is 0 Å². The molecular weight excluding hydrogens is 440 g/mol. The summed E-state index contributed by atoms with van der Waals surface area (Å²) in [5, 5.41) is 0. The molecule has 0 saturated carbocycles. The lowest BCUT2D eigenvalue weighted by molar-refractivity contribution is -0.141. The lowest BCUT2D eigenvalue weighted by atomic mass is 9.82. The lowest BCUT2D eigenvalue weighted by Gasteiger charge is -2.24. The molecule has 1 heterocycles. The van der Waals surface area contributed by atoms with Crippen molar-refractivity contribution in [3.05, 3.63) is 70.8 Å². The number of benzene rings is 2. The van der Waals surface area contributed by atoms with Crippen molar-refractivity contribution in [1.82, 2.24) is 0 Å². The highest BCUT2D eigenvalue weighted by molar-refractivity contribution is 5.87. The molecular formula is C30H42O5. The number of allylic oxidation sites excluding steroid dienone is 1. The number of methoxy groups -OCH3 is 2. The first kappa shape index (κ1) is 28.4. The van der Waals surface area contributed by atoms with E-state index < -0.39 is 0 Å². The van der Waals surface area contributed by atoms with Gasteiger partial charge < -0.3 is 18.9 Å². The van der Waals surface area contributed by atoms with Crippen LogP contribution in [0, 0.1) is 11.8 Å². The molecule has 1 fully saturated rings. The van der Waals surface area contributed by atoms with Crippen molar-refractivity contribution in [2.45, 2.75) is 60.0 Å². The molecule has 0 amide bonds. The highest BCUT2D eigenvalue weighted by Crippen LogP contribution is 2.42. The van der Waals surface area contributed by atoms with Crippen LogP contribution in [0.4, 0.5) is 0 Å². The quantitative estimate of drug-likeness (QED) is 0.310. The number of ether oxygens (including phenoxy) is 4. The fourth-order valence-corrected chi connectivity index (χ4v) is 4.38. The van der Waals surface area contributed by atoms with E-state index in [0.717, 1.165) is 12.0 Å². The lowest BCUT2D eigenvalue weighted by Crippen LogP contribution is -2.24. The maximum atomic E-state index is 12.4. The van der Waals surface area contributed by atoms with Crippen LogP contribution < -0.4 is 9.47 Å². The Morgan fingerprint density at radius 3 is 2.29 bits per heavy atom. The van der Waals surface area contributed by atoms with E-state index in [4.69, 9.17) is 18.9 Å². The summed E-state index contributed by atoms with van der Waals surface area (Å²) < 4.78 is 22.9. The summed E-state index contributed by atoms with van der Waals surface area (Å²) in [6.45, 7) is 11.2. The predicted octanol–water partition coefficient (Wildman–Crippen LogP) is 6.69. The molecule has 3 atom stereocenters. The molecule has 0 N–H and O–H groups in total. The molecule has 3 rings (SSSR count). The monoisotopic (exact) mass is 482 g/mol. The molecule has 0 aromatic heterocycles. The number of esters is 1. The first-order valence-corrected chi connectivity index (χ1v) is 11.9. The third kappa shape index (κ3) is 6.88. The normalized spacial score (nSPS) is 20.2. The third-order valence-corrected chi connectivity index (χ3v) is 6.70. The second-order valence-electron chi connectivity index (χ2n) is 10.0. The van der Waals surface area contributed by atoms with Crippen molar-refractivity contribution in [3.8, 4) is 11.5 Å². The second-order valence-corrected chi connectivity index (χ2v) is 10.0. The highest BCUT2D eigenvalue weighted by Gasteiger charge is 2.39. The molecule has 1 aliphatic heterocycles. The van der Waals surface area contributed by atoms with E-state index in [1.165, 1.54) is 11.1 Å². The summed E-state index contributed by atoms with van der Waals surface area (Å²) in [4.78, 5) is 12.4. The second kappa shape index (κ2) is 12.3. The van der Waals surface area contributed by atoms with Crippen molar-refractivity contribution in [2.24, 2.45) is 11.8 Å². The summed E-state index contributed by atoms with van der Waals surface area (Å²) in [5.41, 5.74) is 4.29. The smallest absolute Gasteiger partial charge is 0.333 e. The van der Waals surface area contributed by atoms with Gasteiger partial charge in [0.05, 0.1) is 33.5 Å². The van der Waals surface area contributed by atoms with Gasteiger partial charge in [0, 0.05) is 11.5 Å². The van der Waals surface area contributed by atoms with E-state index >= 15 is 0 Å². The van der Waals surface area contributed by atoms with Crippen LogP contribution in [0.2, 0.25) is 0 Å². The first-order valence-electron chi connectivity index (χ1n) is 11.9. The predicted molar refractivity (Wildman–Crippen MR) is 141 cm³/mol. The van der Waals surface area contributed by atoms with Gasteiger partial charge in [-0.1, -0.05) is 64.6 Å². The van der Waals surface area contributed by atoms with Crippen LogP contribution in [0.25, 0.3) is 0 Å². The van der Waals surface area contributed by atoms with E-state index in [9.17, 15) is 4.79 Å². The van der Waals surface area contributed by atoms with Crippen LogP contribution >= 0.6 is 0 Å². The standard InChI is InChI=1S/C29H38O5.CH4/c1-8-19(2)28(30)34-18-24-22(15-20-9-12-23(13-10-20)29(3,4)5)17-33-27(24)21-11-14-25(31-6)26(16-21)32-7;/h8-14,16,22,24,27H,15,17-18H2,1-7H3;1H4/b19-8-;/t22-,24-,27+;/m0./s1. The summed E-state index contributed by atoms with van der Waals surface area (Å²) in [5.74, 6) is 1.29. The van der Waals surface area contributed by atoms with Crippen LogP contribution in [0.5, 0.6) is 11.5 Å². The van der Waals surface area contributed by atoms with E-state index in [2.05, 4.69) is 45.0 Å². The summed E-state index contributed by atoms with van der Waals surface area (Å²) in [6.07, 6.45) is 2.43. The van der Waals surface area contributed by atoms with Crippen LogP contribution in [0.15, 0.2) is 54.1 Å². The van der Waals surface area contributed by atoms with Crippen molar-refractivity contribution in [3.63, 3.8) is 0 Å². The SMILES string of the molecule is C.C/C=C(/C)C(=O)OC[C@H]1[C@@H](Cc2ccc(C(C)(C)C)cc2)CO[C@@H]1c1ccc(OC)c(OC)c1. The Bertz CT molecular complexity index is 1000. The molecule has 1 aliphatic rings. The van der Waals surface area contributed by atoms with Gasteiger partial charge in [-0.25, -0.2) is 4.79 Å². The van der Waals surface area contributed by atoms with E-state index in [0.29, 0.717) is 30.3 Å². The van der Waals surface area contributed by atoms with Crippen LogP contribution in [-0.4, -0.2) is 33.4 Å². The van der Waals surface area contributed by atoms with Crippen LogP contribution in [-0.2, 0) is 26.1 Å². The first-order chi connectivity index (χ1) is 16.2. The van der Waals surface area contributed by atoms with Gasteiger partial charge >= 0.3 is 5.97 Å². The Morgan fingerprint density at radius 2 is 1.71 bits per heavy atom. The number of carbonyl (C=O) groups excluding carboxylic acids is 1. The number of carbonyl (C=O) groups is 1. The van der Waals surface area contributed by atoms with Gasteiger partial charge in [-0.15, -0.1) is 0 Å². The topological polar surface area (TPSA) is 54.0 Å². The van der Waals surface area contributed by atoms with Gasteiger partial charge in [0.25, 0.3) is 0 Å². The minimum atomic E-state index is -0.284. The average molecular weight is 483 g/mol. The molecule has 1 saturated heterocycles. The Hall–Kier alpha value is -2.79. The molecule has 0 aliphatic carbocycles. The summed E-state index contributed by atoms with van der Waals surface area (Å²) >= 11 is 0. The fourth-order valence-electron chi connectivity index (χ4n) is 4.38. The summed E-state index contributed by atoms with van der Waals surface area (Å²) in [6, 6.07) is 14.7. The zero-order valence-electron chi connectivity index (χ0n) is 21.5. The van der Waals surface area contributed by atoms with E-state index in [1.807, 2.05) is 25.1 Å². The molecule has 35 heavy (non-hydrogen) atoms. The molecule has 2 aromatic carbocycles. The average Bonchev–Trinajstić information content (AvgIpc) is 3.23. The van der Waals surface area contributed by atoms with Gasteiger partial charge in [0.2, 0.25) is 0 Å². The molecule has 0 bridgehead atoms. The van der Waals surface area contributed by atoms with Gasteiger partial charge in [0.15, 0.2) is 11.5 Å². The Labute approximate surface area is 211 Å². The minimum absolute atomic E-state index is 0. The summed E-state index contributed by atoms with van der Waals surface area (Å²) in [7, 11) is 3.25.